The average Bonchev–Trinajstić information content (AvgIpc) is 2.82. The van der Waals surface area contributed by atoms with Crippen molar-refractivity contribution in [2.24, 2.45) is 0 Å². The minimum absolute atomic E-state index is 0.221. The van der Waals surface area contributed by atoms with E-state index in [4.69, 9.17) is 0 Å². The fourth-order valence-corrected chi connectivity index (χ4v) is 3.85. The monoisotopic (exact) mass is 326 g/mol. The van der Waals surface area contributed by atoms with E-state index in [9.17, 15) is 13.2 Å². The summed E-state index contributed by atoms with van der Waals surface area (Å²) in [6.45, 7) is 3.72. The van der Waals surface area contributed by atoms with Crippen molar-refractivity contribution in [1.82, 2.24) is 19.6 Å². The van der Waals surface area contributed by atoms with Crippen LogP contribution in [-0.4, -0.2) is 47.4 Å². The third-order valence-electron chi connectivity index (χ3n) is 3.59. The highest BCUT2D eigenvalue weighted by molar-refractivity contribution is 7.88. The zero-order valence-corrected chi connectivity index (χ0v) is 13.9. The van der Waals surface area contributed by atoms with Gasteiger partial charge in [-0.2, -0.15) is 4.31 Å². The second-order valence-corrected chi connectivity index (χ2v) is 7.53. The summed E-state index contributed by atoms with van der Waals surface area (Å²) in [7, 11) is -3.33. The van der Waals surface area contributed by atoms with Gasteiger partial charge in [0.25, 0.3) is 0 Å². The first-order valence-electron chi connectivity index (χ1n) is 7.25. The number of nitrogens with zero attached hydrogens (tertiary/aromatic N) is 2. The van der Waals surface area contributed by atoms with Gasteiger partial charge in [0.1, 0.15) is 5.82 Å². The Morgan fingerprint density at radius 1 is 1.50 bits per heavy atom. The number of hydrogen-bond donors (Lipinski definition) is 2. The number of rotatable bonds is 4. The molecule has 0 aromatic carbocycles. The molecule has 1 atom stereocenters. The summed E-state index contributed by atoms with van der Waals surface area (Å²) < 4.78 is 25.5. The predicted octanol–water partition coefficient (Wildman–Crippen LogP) is 1.01. The van der Waals surface area contributed by atoms with E-state index in [1.165, 1.54) is 17.5 Å². The fourth-order valence-electron chi connectivity index (χ4n) is 2.71. The van der Waals surface area contributed by atoms with Crippen LogP contribution in [0.5, 0.6) is 0 Å². The Kier molecular flexibility index (Phi) is 5.02. The van der Waals surface area contributed by atoms with E-state index in [2.05, 4.69) is 15.3 Å². The summed E-state index contributed by atoms with van der Waals surface area (Å²) in [6.07, 6.45) is 7.07. The zero-order chi connectivity index (χ0) is 16.3. The topological polar surface area (TPSA) is 95.2 Å². The number of amides is 1. The van der Waals surface area contributed by atoms with Crippen LogP contribution in [0.15, 0.2) is 11.9 Å². The molecule has 1 amide bonds. The van der Waals surface area contributed by atoms with Crippen LogP contribution in [0.1, 0.15) is 37.7 Å². The van der Waals surface area contributed by atoms with Crippen molar-refractivity contribution in [2.75, 3.05) is 12.8 Å². The molecule has 1 aromatic heterocycles. The van der Waals surface area contributed by atoms with Gasteiger partial charge in [-0.15, -0.1) is 0 Å². The third kappa shape index (κ3) is 4.17. The number of hydrogen-bond acceptors (Lipinski definition) is 4. The Morgan fingerprint density at radius 2 is 2.23 bits per heavy atom. The maximum absolute atomic E-state index is 12.0. The summed E-state index contributed by atoms with van der Waals surface area (Å²) in [5.74, 6) is 0.540. The molecule has 22 heavy (non-hydrogen) atoms. The van der Waals surface area contributed by atoms with Gasteiger partial charge in [-0.3, -0.25) is 4.79 Å². The molecule has 2 rings (SSSR count). The molecule has 0 bridgehead atoms. The van der Waals surface area contributed by atoms with Gasteiger partial charge in [-0.05, 0) is 25.8 Å². The van der Waals surface area contributed by atoms with Crippen LogP contribution >= 0.6 is 0 Å². The molecule has 122 valence electrons. The van der Waals surface area contributed by atoms with E-state index in [-0.39, 0.29) is 11.9 Å². The highest BCUT2D eigenvalue weighted by Gasteiger charge is 2.32. The fraction of sp³-hybridized carbons (Fsp3) is 0.571. The molecule has 0 radical (unpaired) electrons. The predicted molar refractivity (Wildman–Crippen MR) is 84.3 cm³/mol. The number of aromatic nitrogens is 2. The Hall–Kier alpha value is -1.67. The van der Waals surface area contributed by atoms with Gasteiger partial charge < -0.3 is 10.3 Å². The smallest absolute Gasteiger partial charge is 0.221 e. The lowest BCUT2D eigenvalue weighted by Crippen LogP contribution is -2.47. The standard InChI is InChI=1S/C14H22N4O3S/c1-10-15-9-12(16-10)8-13(17-11(2)19)14-6-4-5-7-18(14)22(3,20)21/h8-9,14H,4-7H2,1-3H3,(H,15,16)(H,17,19)/b13-8-/t14-/m0/s1. The highest BCUT2D eigenvalue weighted by Crippen LogP contribution is 2.25. The van der Waals surface area contributed by atoms with Crippen molar-refractivity contribution < 1.29 is 13.2 Å². The summed E-state index contributed by atoms with van der Waals surface area (Å²) in [6, 6.07) is -0.351. The maximum Gasteiger partial charge on any atom is 0.221 e. The summed E-state index contributed by atoms with van der Waals surface area (Å²) in [5, 5.41) is 2.78. The average molecular weight is 326 g/mol. The number of piperidine rings is 1. The van der Waals surface area contributed by atoms with Gasteiger partial charge in [0.05, 0.1) is 24.2 Å². The van der Waals surface area contributed by atoms with Gasteiger partial charge in [0, 0.05) is 19.2 Å². The quantitative estimate of drug-likeness (QED) is 0.863. The molecular weight excluding hydrogens is 304 g/mol. The molecule has 0 spiro atoms. The molecule has 1 aromatic rings. The van der Waals surface area contributed by atoms with Gasteiger partial charge in [-0.1, -0.05) is 6.42 Å². The van der Waals surface area contributed by atoms with Crippen LogP contribution in [0.3, 0.4) is 0 Å². The molecule has 2 N–H and O–H groups in total. The third-order valence-corrected chi connectivity index (χ3v) is 4.88. The van der Waals surface area contributed by atoms with E-state index < -0.39 is 10.0 Å². The normalized spacial score (nSPS) is 20.9. The lowest BCUT2D eigenvalue weighted by atomic mass is 10.0. The number of aryl methyl sites for hydroxylation is 1. The summed E-state index contributed by atoms with van der Waals surface area (Å²) in [4.78, 5) is 18.7. The van der Waals surface area contributed by atoms with E-state index in [0.717, 1.165) is 24.4 Å². The Morgan fingerprint density at radius 3 is 2.77 bits per heavy atom. The Bertz CT molecular complexity index is 678. The summed E-state index contributed by atoms with van der Waals surface area (Å²) >= 11 is 0. The van der Waals surface area contributed by atoms with Gasteiger partial charge in [0.15, 0.2) is 0 Å². The number of carbonyl (C=O) groups excluding carboxylic acids is 1. The molecule has 1 aliphatic heterocycles. The van der Waals surface area contributed by atoms with Gasteiger partial charge >= 0.3 is 0 Å². The van der Waals surface area contributed by atoms with Crippen molar-refractivity contribution in [3.63, 3.8) is 0 Å². The van der Waals surface area contributed by atoms with Crippen LogP contribution < -0.4 is 5.32 Å². The Balaban J connectivity index is 2.38. The molecule has 0 unspecified atom stereocenters. The molecule has 0 aliphatic carbocycles. The zero-order valence-electron chi connectivity index (χ0n) is 13.1. The number of carbonyl (C=O) groups is 1. The van der Waals surface area contributed by atoms with Crippen LogP contribution in [-0.2, 0) is 14.8 Å². The van der Waals surface area contributed by atoms with E-state index in [0.29, 0.717) is 18.7 Å². The van der Waals surface area contributed by atoms with E-state index in [1.807, 2.05) is 6.92 Å². The van der Waals surface area contributed by atoms with Crippen LogP contribution in [0.25, 0.3) is 6.08 Å². The molecule has 7 nitrogen and oxygen atoms in total. The number of H-pyrrole nitrogens is 1. The second kappa shape index (κ2) is 6.62. The van der Waals surface area contributed by atoms with Crippen LogP contribution in [0, 0.1) is 6.92 Å². The lowest BCUT2D eigenvalue weighted by Gasteiger charge is -2.35. The number of imidazole rings is 1. The van der Waals surface area contributed by atoms with Crippen LogP contribution in [0.2, 0.25) is 0 Å². The molecule has 2 heterocycles. The molecule has 8 heteroatoms. The first kappa shape index (κ1) is 16.7. The number of nitrogens with one attached hydrogen (secondary N) is 2. The number of sulfonamides is 1. The highest BCUT2D eigenvalue weighted by atomic mass is 32.2. The number of aromatic amines is 1. The molecule has 1 saturated heterocycles. The molecule has 1 aliphatic rings. The van der Waals surface area contributed by atoms with Crippen LogP contribution in [0.4, 0.5) is 0 Å². The maximum atomic E-state index is 12.0. The van der Waals surface area contributed by atoms with Gasteiger partial charge in [0.2, 0.25) is 15.9 Å². The minimum Gasteiger partial charge on any atom is -0.343 e. The van der Waals surface area contributed by atoms with E-state index in [1.54, 1.807) is 12.3 Å². The Labute approximate surface area is 130 Å². The van der Waals surface area contributed by atoms with Crippen molar-refractivity contribution in [1.29, 1.82) is 0 Å². The summed E-state index contributed by atoms with van der Waals surface area (Å²) in [5.41, 5.74) is 1.32. The molecule has 0 saturated carbocycles. The molecule has 1 fully saturated rings. The minimum atomic E-state index is -3.33. The van der Waals surface area contributed by atoms with Crippen molar-refractivity contribution in [3.8, 4) is 0 Å². The van der Waals surface area contributed by atoms with Crippen molar-refractivity contribution in [3.05, 3.63) is 23.4 Å². The second-order valence-electron chi connectivity index (χ2n) is 5.59. The molecular formula is C14H22N4O3S. The van der Waals surface area contributed by atoms with Crippen molar-refractivity contribution in [2.45, 2.75) is 39.2 Å². The van der Waals surface area contributed by atoms with Gasteiger partial charge in [-0.25, -0.2) is 13.4 Å². The first-order chi connectivity index (χ1) is 10.3. The van der Waals surface area contributed by atoms with E-state index >= 15 is 0 Å². The first-order valence-corrected chi connectivity index (χ1v) is 9.10. The largest absolute Gasteiger partial charge is 0.343 e. The van der Waals surface area contributed by atoms with Crippen molar-refractivity contribution >= 4 is 22.0 Å². The lowest BCUT2D eigenvalue weighted by molar-refractivity contribution is -0.118. The SMILES string of the molecule is CC(=O)N/C(=C\c1cnc(C)[nH]1)[C@@H]1CCCCN1S(C)(=O)=O.